The lowest BCUT2D eigenvalue weighted by Crippen LogP contribution is -2.44. The zero-order chi connectivity index (χ0) is 36.2. The number of aliphatic hydroxyl groups excluding tert-OH is 1. The number of rotatable bonds is 13. The van der Waals surface area contributed by atoms with E-state index in [9.17, 15) is 19.8 Å². The van der Waals surface area contributed by atoms with Crippen LogP contribution in [0.4, 0.5) is 11.4 Å². The number of aromatic amines is 1. The summed E-state index contributed by atoms with van der Waals surface area (Å²) in [6.45, 7) is 2.44. The Morgan fingerprint density at radius 1 is 1.04 bits per heavy atom. The van der Waals surface area contributed by atoms with E-state index in [1.165, 1.54) is 0 Å². The molecule has 4 aromatic carbocycles. The number of aryl methyl sites for hydroxylation is 1. The number of nitrogens with zero attached hydrogens (tertiary/aromatic N) is 4. The van der Waals surface area contributed by atoms with Gasteiger partial charge < -0.3 is 25.4 Å². The number of benzene rings is 4. The molecule has 10 nitrogen and oxygen atoms in total. The number of amides is 2. The molecule has 3 heterocycles. The van der Waals surface area contributed by atoms with Gasteiger partial charge in [-0.25, -0.2) is 0 Å². The number of fused-ring (bicyclic) bond motifs is 2. The SMILES string of the molecule is C[C@H](/C=C/CCn1cc(C(CO)c2ccccc2)nn1)[C@@]1(O)C(=O)N(Cc2cccc(NC(=O)Cc3c[nH]c4ccccc34)c2)c2ccc(Cl)cc21. The van der Waals surface area contributed by atoms with Crippen molar-refractivity contribution in [3.63, 3.8) is 0 Å². The van der Waals surface area contributed by atoms with Crippen molar-refractivity contribution in [2.75, 3.05) is 16.8 Å². The van der Waals surface area contributed by atoms with Crippen LogP contribution in [0.25, 0.3) is 10.9 Å². The van der Waals surface area contributed by atoms with E-state index in [1.54, 1.807) is 27.8 Å². The van der Waals surface area contributed by atoms with Gasteiger partial charge in [0.1, 0.15) is 0 Å². The predicted molar refractivity (Wildman–Crippen MR) is 202 cm³/mol. The molecule has 1 aliphatic heterocycles. The predicted octanol–water partition coefficient (Wildman–Crippen LogP) is 6.74. The van der Waals surface area contributed by atoms with Crippen LogP contribution in [-0.2, 0) is 34.7 Å². The number of nitrogens with one attached hydrogen (secondary N) is 2. The van der Waals surface area contributed by atoms with Gasteiger partial charge in [-0.3, -0.25) is 14.3 Å². The van der Waals surface area contributed by atoms with Crippen LogP contribution in [0.3, 0.4) is 0 Å². The molecule has 2 aromatic heterocycles. The van der Waals surface area contributed by atoms with Gasteiger partial charge in [-0.2, -0.15) is 0 Å². The van der Waals surface area contributed by atoms with Gasteiger partial charge in [-0.05, 0) is 59.5 Å². The largest absolute Gasteiger partial charge is 0.395 e. The summed E-state index contributed by atoms with van der Waals surface area (Å²) in [4.78, 5) is 31.9. The number of aliphatic hydroxyl groups is 2. The Balaban J connectivity index is 1.02. The molecule has 2 amide bonds. The molecule has 7 rings (SSSR count). The summed E-state index contributed by atoms with van der Waals surface area (Å²) >= 11 is 6.40. The Kier molecular flexibility index (Phi) is 10.0. The van der Waals surface area contributed by atoms with Crippen LogP contribution < -0.4 is 10.2 Å². The number of carbonyl (C=O) groups excluding carboxylic acids is 2. The van der Waals surface area contributed by atoms with Crippen LogP contribution in [0.1, 0.15) is 47.2 Å². The van der Waals surface area contributed by atoms with Gasteiger partial charge in [0.05, 0.1) is 36.9 Å². The van der Waals surface area contributed by atoms with Crippen molar-refractivity contribution in [2.45, 2.75) is 44.4 Å². The summed E-state index contributed by atoms with van der Waals surface area (Å²) < 4.78 is 1.72. The van der Waals surface area contributed by atoms with Crippen molar-refractivity contribution in [3.8, 4) is 0 Å². The molecule has 0 bridgehead atoms. The summed E-state index contributed by atoms with van der Waals surface area (Å²) in [5.41, 5.74) is 4.12. The maximum absolute atomic E-state index is 14.1. The third-order valence-electron chi connectivity index (χ3n) is 9.72. The van der Waals surface area contributed by atoms with E-state index in [-0.39, 0.29) is 31.4 Å². The number of halogens is 1. The first-order valence-corrected chi connectivity index (χ1v) is 17.6. The normalized spacial score (nSPS) is 16.8. The lowest BCUT2D eigenvalue weighted by atomic mass is 9.83. The van der Waals surface area contributed by atoms with Crippen molar-refractivity contribution in [1.82, 2.24) is 20.0 Å². The molecular weight excluding hydrogens is 676 g/mol. The van der Waals surface area contributed by atoms with E-state index < -0.39 is 17.4 Å². The Labute approximate surface area is 306 Å². The van der Waals surface area contributed by atoms with Gasteiger partial charge >= 0.3 is 0 Å². The molecule has 3 atom stereocenters. The molecule has 0 saturated carbocycles. The molecule has 0 aliphatic carbocycles. The van der Waals surface area contributed by atoms with E-state index in [0.29, 0.717) is 40.6 Å². The first-order valence-electron chi connectivity index (χ1n) is 17.2. The first-order chi connectivity index (χ1) is 25.2. The summed E-state index contributed by atoms with van der Waals surface area (Å²) in [5, 5.41) is 35.1. The molecule has 4 N–H and O–H groups in total. The molecule has 1 unspecified atom stereocenters. The second-order valence-electron chi connectivity index (χ2n) is 13.2. The quantitative estimate of drug-likeness (QED) is 0.0980. The number of allylic oxidation sites excluding steroid dienone is 1. The van der Waals surface area contributed by atoms with Gasteiger partial charge in [0, 0.05) is 52.0 Å². The molecule has 0 spiro atoms. The van der Waals surface area contributed by atoms with E-state index in [4.69, 9.17) is 11.6 Å². The number of para-hydroxylation sites is 1. The Bertz CT molecular complexity index is 2250. The molecule has 0 saturated heterocycles. The van der Waals surface area contributed by atoms with Crippen LogP contribution in [0.5, 0.6) is 0 Å². The number of hydrogen-bond donors (Lipinski definition) is 4. The van der Waals surface area contributed by atoms with Crippen LogP contribution in [0, 0.1) is 5.92 Å². The van der Waals surface area contributed by atoms with Crippen molar-refractivity contribution < 1.29 is 19.8 Å². The molecule has 6 aromatic rings. The van der Waals surface area contributed by atoms with E-state index >= 15 is 0 Å². The highest BCUT2D eigenvalue weighted by Gasteiger charge is 2.52. The number of carbonyl (C=O) groups is 2. The van der Waals surface area contributed by atoms with Crippen LogP contribution in [0.15, 0.2) is 122 Å². The summed E-state index contributed by atoms with van der Waals surface area (Å²) in [5.74, 6) is -1.45. The standard InChI is InChI=1S/C41H39ClN6O4/c1-27(10-7-8-19-47-25-37(45-46-47)34(26-49)29-12-3-2-4-13-29)41(52)35-22-31(42)17-18-38(35)48(40(41)51)24-28-11-9-14-32(20-28)44-39(50)21-30-23-43-36-16-6-5-15-33(30)36/h2-7,9-18,20,22-23,25,27,34,43,49,52H,8,19,21,24,26H2,1H3,(H,44,50)/b10-7+/t27-,34?,41+/m1/s1. The monoisotopic (exact) mass is 714 g/mol. The van der Waals surface area contributed by atoms with Gasteiger partial charge in [-0.15, -0.1) is 5.10 Å². The fourth-order valence-electron chi connectivity index (χ4n) is 6.95. The number of aromatic nitrogens is 4. The highest BCUT2D eigenvalue weighted by atomic mass is 35.5. The first kappa shape index (κ1) is 34.9. The van der Waals surface area contributed by atoms with Gasteiger partial charge in [-0.1, -0.05) is 96.6 Å². The topological polar surface area (TPSA) is 136 Å². The van der Waals surface area contributed by atoms with Crippen molar-refractivity contribution >= 4 is 45.7 Å². The van der Waals surface area contributed by atoms with Crippen molar-refractivity contribution in [1.29, 1.82) is 0 Å². The lowest BCUT2D eigenvalue weighted by molar-refractivity contribution is -0.139. The van der Waals surface area contributed by atoms with Crippen molar-refractivity contribution in [2.24, 2.45) is 5.92 Å². The minimum absolute atomic E-state index is 0.0796. The van der Waals surface area contributed by atoms with Gasteiger partial charge in [0.2, 0.25) is 5.91 Å². The Morgan fingerprint density at radius 3 is 2.67 bits per heavy atom. The van der Waals surface area contributed by atoms with Gasteiger partial charge in [0.15, 0.2) is 5.60 Å². The third kappa shape index (κ3) is 7.01. The van der Waals surface area contributed by atoms with E-state index in [0.717, 1.165) is 27.6 Å². The second-order valence-corrected chi connectivity index (χ2v) is 13.6. The number of hydrogen-bond acceptors (Lipinski definition) is 6. The highest BCUT2D eigenvalue weighted by Crippen LogP contribution is 2.46. The maximum Gasteiger partial charge on any atom is 0.264 e. The van der Waals surface area contributed by atoms with Crippen molar-refractivity contribution in [3.05, 3.63) is 155 Å². The zero-order valence-corrected chi connectivity index (χ0v) is 29.4. The summed E-state index contributed by atoms with van der Waals surface area (Å²) in [7, 11) is 0. The molecule has 11 heteroatoms. The Hall–Kier alpha value is -5.55. The molecule has 52 heavy (non-hydrogen) atoms. The van der Waals surface area contributed by atoms with Crippen LogP contribution >= 0.6 is 11.6 Å². The zero-order valence-electron chi connectivity index (χ0n) is 28.6. The van der Waals surface area contributed by atoms with E-state index in [2.05, 4.69) is 20.6 Å². The second kappa shape index (κ2) is 15.0. The summed E-state index contributed by atoms with van der Waals surface area (Å²) in [6, 6.07) is 30.0. The minimum atomic E-state index is -1.84. The fourth-order valence-corrected chi connectivity index (χ4v) is 7.12. The lowest BCUT2D eigenvalue weighted by Gasteiger charge is -2.27. The third-order valence-corrected chi connectivity index (χ3v) is 9.95. The smallest absolute Gasteiger partial charge is 0.264 e. The fraction of sp³-hybridized carbons (Fsp3) is 0.220. The molecule has 0 fully saturated rings. The molecule has 264 valence electrons. The number of anilines is 2. The number of H-pyrrole nitrogens is 1. The van der Waals surface area contributed by atoms with E-state index in [1.807, 2.05) is 110 Å². The maximum atomic E-state index is 14.1. The van der Waals surface area contributed by atoms with Gasteiger partial charge in [0.25, 0.3) is 5.91 Å². The van der Waals surface area contributed by atoms with Crippen LogP contribution in [-0.4, -0.2) is 48.6 Å². The summed E-state index contributed by atoms with van der Waals surface area (Å²) in [6.07, 6.45) is 8.25. The average Bonchev–Trinajstić information content (AvgIpc) is 3.84. The molecular formula is C41H39ClN6O4. The van der Waals surface area contributed by atoms with Crippen LogP contribution in [0.2, 0.25) is 5.02 Å². The Morgan fingerprint density at radius 2 is 1.85 bits per heavy atom. The molecule has 0 radical (unpaired) electrons. The average molecular weight is 715 g/mol. The molecule has 1 aliphatic rings. The minimum Gasteiger partial charge on any atom is -0.395 e. The highest BCUT2D eigenvalue weighted by molar-refractivity contribution is 6.31.